The van der Waals surface area contributed by atoms with E-state index in [2.05, 4.69) is 11.9 Å². The fourth-order valence-corrected chi connectivity index (χ4v) is 3.41. The number of Topliss-reactive ketones (excluding diaryl/α,β-unsaturated/α-hetero) is 1. The Balaban J connectivity index is 1.87. The van der Waals surface area contributed by atoms with Gasteiger partial charge in [0.05, 0.1) is 12.1 Å². The lowest BCUT2D eigenvalue weighted by atomic mass is 9.88. The predicted molar refractivity (Wildman–Crippen MR) is 116 cm³/mol. The van der Waals surface area contributed by atoms with Gasteiger partial charge in [0.2, 0.25) is 5.91 Å². The molecule has 0 saturated heterocycles. The number of para-hydroxylation sites is 1. The molecule has 0 aromatic heterocycles. The summed E-state index contributed by atoms with van der Waals surface area (Å²) < 4.78 is 0. The van der Waals surface area contributed by atoms with E-state index in [4.69, 9.17) is 0 Å². The zero-order valence-corrected chi connectivity index (χ0v) is 17.4. The Labute approximate surface area is 176 Å². The average molecular weight is 406 g/mol. The molecule has 6 nitrogen and oxygen atoms in total. The van der Waals surface area contributed by atoms with Crippen LogP contribution in [0.5, 0.6) is 0 Å². The van der Waals surface area contributed by atoms with E-state index in [1.54, 1.807) is 75.4 Å². The highest BCUT2D eigenvalue weighted by Gasteiger charge is 2.50. The van der Waals surface area contributed by atoms with Gasteiger partial charge >= 0.3 is 0 Å². The molecule has 2 aromatic carbocycles. The molecule has 1 aliphatic rings. The fourth-order valence-electron chi connectivity index (χ4n) is 3.41. The Morgan fingerprint density at radius 2 is 1.87 bits per heavy atom. The number of hydrogen-bond donors (Lipinski definition) is 2. The SMILES string of the molecule is C=CCN1C(=O)C(O)(CC(=O)c2cccc(NC(=O)C(C)(C)C)c2)c2ccccc21. The van der Waals surface area contributed by atoms with E-state index in [-0.39, 0.29) is 12.5 Å². The van der Waals surface area contributed by atoms with Gasteiger partial charge < -0.3 is 15.3 Å². The van der Waals surface area contributed by atoms with Gasteiger partial charge in [0.25, 0.3) is 5.91 Å². The number of anilines is 2. The van der Waals surface area contributed by atoms with Crippen molar-refractivity contribution in [1.82, 2.24) is 0 Å². The van der Waals surface area contributed by atoms with Gasteiger partial charge in [0.1, 0.15) is 0 Å². The van der Waals surface area contributed by atoms with Crippen molar-refractivity contribution < 1.29 is 19.5 Å². The van der Waals surface area contributed by atoms with Gasteiger partial charge in [0, 0.05) is 28.8 Å². The molecule has 6 heteroatoms. The first-order valence-electron chi connectivity index (χ1n) is 9.77. The van der Waals surface area contributed by atoms with Crippen LogP contribution in [0.1, 0.15) is 43.1 Å². The zero-order chi connectivity index (χ0) is 22.1. The van der Waals surface area contributed by atoms with E-state index in [0.29, 0.717) is 22.5 Å². The van der Waals surface area contributed by atoms with Crippen LogP contribution < -0.4 is 10.2 Å². The summed E-state index contributed by atoms with van der Waals surface area (Å²) in [7, 11) is 0. The summed E-state index contributed by atoms with van der Waals surface area (Å²) in [5.41, 5.74) is -0.751. The molecule has 0 saturated carbocycles. The highest BCUT2D eigenvalue weighted by atomic mass is 16.3. The number of nitrogens with zero attached hydrogens (tertiary/aromatic N) is 1. The van der Waals surface area contributed by atoms with Gasteiger partial charge in [-0.3, -0.25) is 14.4 Å². The van der Waals surface area contributed by atoms with Crippen LogP contribution in [0.15, 0.2) is 61.2 Å². The molecule has 0 spiro atoms. The van der Waals surface area contributed by atoms with Crippen molar-refractivity contribution in [2.75, 3.05) is 16.8 Å². The normalized spacial score (nSPS) is 18.1. The second kappa shape index (κ2) is 7.88. The third-order valence-electron chi connectivity index (χ3n) is 5.09. The minimum atomic E-state index is -1.94. The third kappa shape index (κ3) is 3.91. The average Bonchev–Trinajstić information content (AvgIpc) is 2.90. The molecule has 1 heterocycles. The molecule has 1 aliphatic heterocycles. The summed E-state index contributed by atoms with van der Waals surface area (Å²) in [4.78, 5) is 39.6. The van der Waals surface area contributed by atoms with Crippen molar-refractivity contribution in [2.45, 2.75) is 32.8 Å². The molecule has 3 rings (SSSR count). The van der Waals surface area contributed by atoms with Crippen molar-refractivity contribution in [2.24, 2.45) is 5.41 Å². The van der Waals surface area contributed by atoms with E-state index in [1.807, 2.05) is 0 Å². The van der Waals surface area contributed by atoms with Crippen molar-refractivity contribution in [3.63, 3.8) is 0 Å². The predicted octanol–water partition coefficient (Wildman–Crippen LogP) is 3.66. The van der Waals surface area contributed by atoms with E-state index >= 15 is 0 Å². The minimum Gasteiger partial charge on any atom is -0.375 e. The number of benzene rings is 2. The summed E-state index contributed by atoms with van der Waals surface area (Å²) in [5, 5.41) is 14.0. The first kappa shape index (κ1) is 21.5. The summed E-state index contributed by atoms with van der Waals surface area (Å²) in [6.07, 6.45) is 1.18. The Hall–Kier alpha value is -3.25. The summed E-state index contributed by atoms with van der Waals surface area (Å²) in [6, 6.07) is 13.4. The lowest BCUT2D eigenvalue weighted by Gasteiger charge is -2.22. The first-order valence-corrected chi connectivity index (χ1v) is 9.77. The molecule has 0 aliphatic carbocycles. The van der Waals surface area contributed by atoms with E-state index in [9.17, 15) is 19.5 Å². The maximum absolute atomic E-state index is 13.0. The Bertz CT molecular complexity index is 1020. The maximum Gasteiger partial charge on any atom is 0.264 e. The molecule has 0 radical (unpaired) electrons. The number of carbonyl (C=O) groups is 3. The van der Waals surface area contributed by atoms with Crippen molar-refractivity contribution in [3.05, 3.63) is 72.3 Å². The van der Waals surface area contributed by atoms with Crippen molar-refractivity contribution in [1.29, 1.82) is 0 Å². The van der Waals surface area contributed by atoms with Crippen LogP contribution in [-0.2, 0) is 15.2 Å². The van der Waals surface area contributed by atoms with Gasteiger partial charge in [-0.05, 0) is 18.2 Å². The maximum atomic E-state index is 13.0. The van der Waals surface area contributed by atoms with Gasteiger partial charge in [-0.2, -0.15) is 0 Å². The Morgan fingerprint density at radius 1 is 1.17 bits per heavy atom. The fraction of sp³-hybridized carbons (Fsp3) is 0.292. The topological polar surface area (TPSA) is 86.7 Å². The Morgan fingerprint density at radius 3 is 2.53 bits per heavy atom. The second-order valence-electron chi connectivity index (χ2n) is 8.47. The molecule has 30 heavy (non-hydrogen) atoms. The molecular weight excluding hydrogens is 380 g/mol. The van der Waals surface area contributed by atoms with Crippen LogP contribution in [0, 0.1) is 5.41 Å². The number of hydrogen-bond acceptors (Lipinski definition) is 4. The highest BCUT2D eigenvalue weighted by Crippen LogP contribution is 2.42. The van der Waals surface area contributed by atoms with Crippen molar-refractivity contribution >= 4 is 29.0 Å². The molecule has 1 unspecified atom stereocenters. The zero-order valence-electron chi connectivity index (χ0n) is 17.4. The summed E-state index contributed by atoms with van der Waals surface area (Å²) in [6.45, 7) is 9.29. The van der Waals surface area contributed by atoms with Crippen LogP contribution in [0.3, 0.4) is 0 Å². The monoisotopic (exact) mass is 406 g/mol. The van der Waals surface area contributed by atoms with Crippen molar-refractivity contribution in [3.8, 4) is 0 Å². The molecule has 2 aromatic rings. The molecule has 2 amide bonds. The van der Waals surface area contributed by atoms with Crippen LogP contribution in [0.2, 0.25) is 0 Å². The van der Waals surface area contributed by atoms with E-state index < -0.39 is 29.1 Å². The number of nitrogens with one attached hydrogen (secondary N) is 1. The van der Waals surface area contributed by atoms with Gasteiger partial charge in [-0.25, -0.2) is 0 Å². The van der Waals surface area contributed by atoms with Gasteiger partial charge in [0.15, 0.2) is 11.4 Å². The first-order chi connectivity index (χ1) is 14.1. The Kier molecular flexibility index (Phi) is 5.63. The highest BCUT2D eigenvalue weighted by molar-refractivity contribution is 6.11. The number of aliphatic hydroxyl groups is 1. The second-order valence-corrected chi connectivity index (χ2v) is 8.47. The molecule has 2 N–H and O–H groups in total. The summed E-state index contributed by atoms with van der Waals surface area (Å²) in [5.74, 6) is -1.12. The number of rotatable bonds is 6. The standard InChI is InChI=1S/C24H26N2O4/c1-5-13-26-19-12-7-6-11-18(19)24(30,22(26)29)15-20(27)16-9-8-10-17(14-16)25-21(28)23(2,3)4/h5-12,14,30H,1,13,15H2,2-4H3,(H,25,28). The number of fused-ring (bicyclic) bond motifs is 1. The summed E-state index contributed by atoms with van der Waals surface area (Å²) >= 11 is 0. The third-order valence-corrected chi connectivity index (χ3v) is 5.09. The largest absolute Gasteiger partial charge is 0.375 e. The molecule has 1 atom stereocenters. The van der Waals surface area contributed by atoms with E-state index in [1.165, 1.54) is 4.90 Å². The van der Waals surface area contributed by atoms with Crippen LogP contribution in [-0.4, -0.2) is 29.2 Å². The minimum absolute atomic E-state index is 0.175. The van der Waals surface area contributed by atoms with Crippen LogP contribution in [0.4, 0.5) is 11.4 Å². The quantitative estimate of drug-likeness (QED) is 0.566. The molecule has 0 bridgehead atoms. The van der Waals surface area contributed by atoms with Crippen LogP contribution >= 0.6 is 0 Å². The number of carbonyl (C=O) groups excluding carboxylic acids is 3. The van der Waals surface area contributed by atoms with Gasteiger partial charge in [-0.15, -0.1) is 6.58 Å². The molecular formula is C24H26N2O4. The van der Waals surface area contributed by atoms with Crippen LogP contribution in [0.25, 0.3) is 0 Å². The van der Waals surface area contributed by atoms with Gasteiger partial charge in [-0.1, -0.05) is 57.2 Å². The number of amides is 2. The number of ketones is 1. The van der Waals surface area contributed by atoms with E-state index in [0.717, 1.165) is 0 Å². The lowest BCUT2D eigenvalue weighted by molar-refractivity contribution is -0.135. The molecule has 156 valence electrons. The smallest absolute Gasteiger partial charge is 0.264 e. The molecule has 0 fully saturated rings. The lowest BCUT2D eigenvalue weighted by Crippen LogP contribution is -2.41.